The number of benzene rings is 8. The first kappa shape index (κ1) is 53.7. The number of carbonyl (C=O) groups is 6. The van der Waals surface area contributed by atoms with Crippen molar-refractivity contribution in [1.82, 2.24) is 0 Å². The molecule has 4 aliphatic heterocycles. The van der Waals surface area contributed by atoms with E-state index in [1.165, 1.54) is 26.5 Å². The molecule has 17 heteroatoms. The summed E-state index contributed by atoms with van der Waals surface area (Å²) in [4.78, 5) is 76.9. The van der Waals surface area contributed by atoms with Crippen molar-refractivity contribution >= 4 is 81.4 Å². The SMILES string of the molecule is CC(=O)O[C@H]1Cc2ccccc2N(C(N)=O)c2ccccc21.NC(=O)N1c2ccccc2CC(=O)c2ccccc21.NC(=O)N1c2ccccc2CC(O)c2ccccc21.NC(=O)N1c2ccccc2C[C@H](O)c2ccccc21. The quantitative estimate of drug-likeness (QED) is 0.0852. The maximum absolute atomic E-state index is 12.3. The summed E-state index contributed by atoms with van der Waals surface area (Å²) in [5.41, 5.74) is 33.7. The normalized spacial score (nSPS) is 16.1. The third-order valence-corrected chi connectivity index (χ3v) is 13.7. The molecule has 8 amide bonds. The van der Waals surface area contributed by atoms with Crippen LogP contribution in [0.1, 0.15) is 74.5 Å². The molecule has 0 fully saturated rings. The molecule has 10 N–H and O–H groups in total. The highest BCUT2D eigenvalue weighted by molar-refractivity contribution is 6.12. The van der Waals surface area contributed by atoms with Crippen LogP contribution in [0.4, 0.5) is 64.7 Å². The first-order chi connectivity index (χ1) is 38.1. The highest BCUT2D eigenvalue weighted by Crippen LogP contribution is 2.43. The molecule has 1 unspecified atom stereocenters. The summed E-state index contributed by atoms with van der Waals surface area (Å²) >= 11 is 0. The Labute approximate surface area is 455 Å². The molecular formula is C62H56N8O9. The van der Waals surface area contributed by atoms with Gasteiger partial charge in [0.25, 0.3) is 0 Å². The first-order valence-electron chi connectivity index (χ1n) is 25.2. The molecule has 4 heterocycles. The smallest absolute Gasteiger partial charge is 0.323 e. The van der Waals surface area contributed by atoms with E-state index in [1.807, 2.05) is 146 Å². The Kier molecular flexibility index (Phi) is 15.9. The van der Waals surface area contributed by atoms with Crippen LogP contribution in [-0.2, 0) is 35.2 Å². The van der Waals surface area contributed by atoms with E-state index < -0.39 is 42.4 Å². The number of Topliss-reactive ketones (excluding diaryl/α,β-unsaturated/α-hetero) is 1. The molecule has 398 valence electrons. The van der Waals surface area contributed by atoms with Gasteiger partial charge in [0, 0.05) is 54.9 Å². The van der Waals surface area contributed by atoms with Crippen molar-refractivity contribution in [1.29, 1.82) is 0 Å². The van der Waals surface area contributed by atoms with Gasteiger partial charge >= 0.3 is 30.1 Å². The van der Waals surface area contributed by atoms with Gasteiger partial charge in [0.2, 0.25) is 0 Å². The molecule has 17 nitrogen and oxygen atoms in total. The minimum absolute atomic E-state index is 0.00759. The summed E-state index contributed by atoms with van der Waals surface area (Å²) in [6, 6.07) is 56.5. The number of primary amides is 4. The summed E-state index contributed by atoms with van der Waals surface area (Å²) in [5, 5.41) is 20.6. The molecule has 4 aliphatic rings. The molecule has 0 aromatic heterocycles. The third-order valence-electron chi connectivity index (χ3n) is 13.7. The fourth-order valence-corrected chi connectivity index (χ4v) is 10.4. The zero-order chi connectivity index (χ0) is 55.9. The van der Waals surface area contributed by atoms with E-state index in [-0.39, 0.29) is 18.2 Å². The van der Waals surface area contributed by atoms with Gasteiger partial charge in [-0.1, -0.05) is 140 Å². The van der Waals surface area contributed by atoms with Gasteiger partial charge in [0.1, 0.15) is 6.10 Å². The monoisotopic (exact) mass is 1060 g/mol. The Bertz CT molecular complexity index is 3530. The first-order valence-corrected chi connectivity index (χ1v) is 25.2. The van der Waals surface area contributed by atoms with E-state index in [9.17, 15) is 39.0 Å². The Balaban J connectivity index is 0.000000128. The van der Waals surface area contributed by atoms with Crippen molar-refractivity contribution in [2.24, 2.45) is 22.9 Å². The van der Waals surface area contributed by atoms with Crippen LogP contribution in [0.5, 0.6) is 0 Å². The summed E-state index contributed by atoms with van der Waals surface area (Å²) in [7, 11) is 0. The summed E-state index contributed by atoms with van der Waals surface area (Å²) < 4.78 is 5.46. The lowest BCUT2D eigenvalue weighted by Gasteiger charge is -2.23. The van der Waals surface area contributed by atoms with Crippen LogP contribution < -0.4 is 42.5 Å². The second-order valence-corrected chi connectivity index (χ2v) is 18.7. The number of hydrogen-bond acceptors (Lipinski definition) is 9. The number of ether oxygens (including phenoxy) is 1. The Morgan fingerprint density at radius 2 is 0.684 bits per heavy atom. The number of urea groups is 4. The molecule has 0 spiro atoms. The van der Waals surface area contributed by atoms with Gasteiger partial charge in [0.15, 0.2) is 5.78 Å². The lowest BCUT2D eigenvalue weighted by atomic mass is 10.0. The molecule has 0 radical (unpaired) electrons. The summed E-state index contributed by atoms with van der Waals surface area (Å²) in [6.45, 7) is 1.38. The van der Waals surface area contributed by atoms with Gasteiger partial charge in [-0.25, -0.2) is 19.2 Å². The molecule has 79 heavy (non-hydrogen) atoms. The largest absolute Gasteiger partial charge is 0.457 e. The molecule has 0 saturated heterocycles. The van der Waals surface area contributed by atoms with Crippen LogP contribution in [0.15, 0.2) is 194 Å². The maximum atomic E-state index is 12.3. The number of hydrogen-bond donors (Lipinski definition) is 6. The van der Waals surface area contributed by atoms with Gasteiger partial charge in [-0.05, 0) is 76.9 Å². The topological polar surface area (TPSA) is 269 Å². The second-order valence-electron chi connectivity index (χ2n) is 18.7. The average molecular weight is 1060 g/mol. The average Bonchev–Trinajstić information content (AvgIpc) is 4.02. The number of ketones is 1. The number of amides is 8. The standard InChI is InChI=1S/C17H16N2O3.2C15H14N2O2.C15H12N2O2/c1-11(20)22-16-10-12-6-2-4-8-14(12)19(17(18)21)15-9-5-3-7-13(15)16;3*16-15(19)17-12-7-3-1-5-10(12)9-14(18)11-6-2-4-8-13(11)17/h2-9,16H,10H2,1H3,(H2,18,21);2*1-8,14,18H,9H2,(H2,16,19);1-8H,9H2,(H2,16,19)/t16-;14-;;/m00../s1. The molecule has 8 aromatic rings. The third kappa shape index (κ3) is 11.2. The van der Waals surface area contributed by atoms with Crippen molar-refractivity contribution in [3.05, 3.63) is 239 Å². The van der Waals surface area contributed by atoms with Crippen LogP contribution >= 0.6 is 0 Å². The van der Waals surface area contributed by atoms with Crippen molar-refractivity contribution < 1.29 is 43.7 Å². The molecule has 0 bridgehead atoms. The minimum atomic E-state index is -0.637. The Hall–Kier alpha value is -10.1. The number of anilines is 8. The highest BCUT2D eigenvalue weighted by Gasteiger charge is 2.33. The van der Waals surface area contributed by atoms with E-state index in [4.69, 9.17) is 27.7 Å². The number of aliphatic hydroxyl groups is 2. The van der Waals surface area contributed by atoms with Crippen molar-refractivity contribution in [3.8, 4) is 0 Å². The summed E-state index contributed by atoms with van der Waals surface area (Å²) in [5.74, 6) is -0.364. The van der Waals surface area contributed by atoms with E-state index in [1.54, 1.807) is 48.5 Å². The highest BCUT2D eigenvalue weighted by atomic mass is 16.5. The van der Waals surface area contributed by atoms with Crippen molar-refractivity contribution in [2.75, 3.05) is 19.6 Å². The molecule has 3 atom stereocenters. The van der Waals surface area contributed by atoms with Gasteiger partial charge in [-0.2, -0.15) is 0 Å². The predicted octanol–water partition coefficient (Wildman–Crippen LogP) is 10.7. The fraction of sp³-hybridized carbons (Fsp3) is 0.129. The zero-order valence-electron chi connectivity index (χ0n) is 42.9. The molecule has 12 rings (SSSR count). The number of aliphatic hydroxyl groups excluding tert-OH is 2. The van der Waals surface area contributed by atoms with Gasteiger partial charge in [-0.15, -0.1) is 0 Å². The van der Waals surface area contributed by atoms with Crippen LogP contribution in [0, 0.1) is 0 Å². The number of carbonyl (C=O) groups excluding carboxylic acids is 6. The van der Waals surface area contributed by atoms with Gasteiger partial charge in [-0.3, -0.25) is 29.2 Å². The van der Waals surface area contributed by atoms with Crippen LogP contribution in [-0.4, -0.2) is 46.1 Å². The van der Waals surface area contributed by atoms with E-state index in [0.717, 1.165) is 56.0 Å². The van der Waals surface area contributed by atoms with E-state index in [0.29, 0.717) is 53.3 Å². The minimum Gasteiger partial charge on any atom is -0.457 e. The van der Waals surface area contributed by atoms with Crippen LogP contribution in [0.3, 0.4) is 0 Å². The molecule has 0 saturated carbocycles. The van der Waals surface area contributed by atoms with E-state index in [2.05, 4.69) is 0 Å². The van der Waals surface area contributed by atoms with Gasteiger partial charge < -0.3 is 37.9 Å². The number of rotatable bonds is 1. The zero-order valence-corrected chi connectivity index (χ0v) is 42.9. The van der Waals surface area contributed by atoms with Crippen molar-refractivity contribution in [3.63, 3.8) is 0 Å². The fourth-order valence-electron chi connectivity index (χ4n) is 10.4. The maximum Gasteiger partial charge on any atom is 0.323 e. The molecule has 8 aromatic carbocycles. The summed E-state index contributed by atoms with van der Waals surface area (Å²) in [6.07, 6.45) is -0.0100. The molecule has 0 aliphatic carbocycles. The Morgan fingerprint density at radius 1 is 0.392 bits per heavy atom. The van der Waals surface area contributed by atoms with Crippen LogP contribution in [0.2, 0.25) is 0 Å². The van der Waals surface area contributed by atoms with Gasteiger partial charge in [0.05, 0.1) is 57.7 Å². The number of nitrogens with two attached hydrogens (primary N) is 4. The van der Waals surface area contributed by atoms with Crippen molar-refractivity contribution in [2.45, 2.75) is 50.9 Å². The Morgan fingerprint density at radius 3 is 1.09 bits per heavy atom. The number of esters is 1. The molecular weight excluding hydrogens is 1000 g/mol. The lowest BCUT2D eigenvalue weighted by Crippen LogP contribution is -2.32. The number of para-hydroxylation sites is 8. The lowest BCUT2D eigenvalue weighted by molar-refractivity contribution is -0.146. The van der Waals surface area contributed by atoms with E-state index >= 15 is 0 Å². The van der Waals surface area contributed by atoms with Crippen LogP contribution in [0.25, 0.3) is 0 Å². The number of nitrogens with zero attached hydrogens (tertiary/aromatic N) is 4. The predicted molar refractivity (Wildman–Crippen MR) is 302 cm³/mol. The second kappa shape index (κ2) is 23.4. The number of fused-ring (bicyclic) bond motifs is 8.